The van der Waals surface area contributed by atoms with E-state index in [1.165, 1.54) is 48.5 Å². The Bertz CT molecular complexity index is 786. The molecular weight excluding hydrogens is 308 g/mol. The molecule has 8 heteroatoms. The van der Waals surface area contributed by atoms with Gasteiger partial charge < -0.3 is 10.4 Å². The van der Waals surface area contributed by atoms with Crippen LogP contribution >= 0.6 is 0 Å². The number of aromatic carboxylic acids is 1. The third-order valence-electron chi connectivity index (χ3n) is 2.67. The first kappa shape index (κ1) is 15.5. The first-order chi connectivity index (χ1) is 10.4. The number of carboxylic acid groups (broad SMARTS) is 1. The quantitative estimate of drug-likeness (QED) is 0.796. The van der Waals surface area contributed by atoms with Crippen LogP contribution in [0.4, 0.5) is 10.5 Å². The van der Waals surface area contributed by atoms with Crippen LogP contribution in [0.25, 0.3) is 0 Å². The fraction of sp³-hybridized carbons (Fsp3) is 0. The molecule has 2 aromatic carbocycles. The van der Waals surface area contributed by atoms with Gasteiger partial charge in [0.25, 0.3) is 10.0 Å². The van der Waals surface area contributed by atoms with Gasteiger partial charge in [0.15, 0.2) is 0 Å². The van der Waals surface area contributed by atoms with Gasteiger partial charge in [-0.05, 0) is 36.4 Å². The lowest BCUT2D eigenvalue weighted by atomic mass is 10.2. The fourth-order valence-electron chi connectivity index (χ4n) is 1.63. The standard InChI is InChI=1S/C14H12N2O5S/c17-13(18)10-6-8-11(9-7-10)15-14(19)16-22(20,21)12-4-2-1-3-5-12/h1-9H,(H,17,18)(H2,15,16,19). The van der Waals surface area contributed by atoms with Crippen LogP contribution in [-0.4, -0.2) is 25.5 Å². The maximum absolute atomic E-state index is 11.9. The molecule has 0 aliphatic heterocycles. The van der Waals surface area contributed by atoms with Crippen molar-refractivity contribution in [3.05, 3.63) is 60.2 Å². The van der Waals surface area contributed by atoms with E-state index in [4.69, 9.17) is 5.11 Å². The Balaban J connectivity index is 2.05. The molecule has 2 rings (SSSR count). The monoisotopic (exact) mass is 320 g/mol. The van der Waals surface area contributed by atoms with E-state index in [-0.39, 0.29) is 16.1 Å². The summed E-state index contributed by atoms with van der Waals surface area (Å²) in [5.74, 6) is -1.09. The second-order valence-corrected chi connectivity index (χ2v) is 5.94. The highest BCUT2D eigenvalue weighted by Gasteiger charge is 2.17. The number of carbonyl (C=O) groups is 2. The molecule has 3 N–H and O–H groups in total. The van der Waals surface area contributed by atoms with E-state index in [1.807, 2.05) is 4.72 Å². The number of benzene rings is 2. The molecule has 2 amide bonds. The van der Waals surface area contributed by atoms with Crippen LogP contribution in [0.1, 0.15) is 10.4 Å². The molecule has 0 atom stereocenters. The van der Waals surface area contributed by atoms with E-state index in [2.05, 4.69) is 5.32 Å². The molecule has 0 aliphatic carbocycles. The van der Waals surface area contributed by atoms with E-state index in [0.717, 1.165) is 0 Å². The van der Waals surface area contributed by atoms with E-state index in [9.17, 15) is 18.0 Å². The highest BCUT2D eigenvalue weighted by molar-refractivity contribution is 7.90. The van der Waals surface area contributed by atoms with Crippen molar-refractivity contribution in [2.45, 2.75) is 4.90 Å². The Morgan fingerprint density at radius 1 is 0.909 bits per heavy atom. The lowest BCUT2D eigenvalue weighted by Crippen LogP contribution is -2.34. The number of sulfonamides is 1. The maximum atomic E-state index is 11.9. The van der Waals surface area contributed by atoms with Crippen molar-refractivity contribution in [3.8, 4) is 0 Å². The first-order valence-corrected chi connectivity index (χ1v) is 7.59. The molecule has 2 aromatic rings. The van der Waals surface area contributed by atoms with Crippen LogP contribution < -0.4 is 10.0 Å². The normalized spacial score (nSPS) is 10.7. The van der Waals surface area contributed by atoms with E-state index < -0.39 is 22.0 Å². The average molecular weight is 320 g/mol. The van der Waals surface area contributed by atoms with Gasteiger partial charge in [-0.3, -0.25) is 0 Å². The second-order valence-electron chi connectivity index (χ2n) is 4.26. The Kier molecular flexibility index (Phi) is 4.42. The molecule has 22 heavy (non-hydrogen) atoms. The number of anilines is 1. The minimum Gasteiger partial charge on any atom is -0.478 e. The molecule has 0 spiro atoms. The van der Waals surface area contributed by atoms with Crippen molar-refractivity contribution in [2.75, 3.05) is 5.32 Å². The highest BCUT2D eigenvalue weighted by Crippen LogP contribution is 2.11. The second kappa shape index (κ2) is 6.27. The van der Waals surface area contributed by atoms with Crippen molar-refractivity contribution < 1.29 is 23.1 Å². The third-order valence-corrected chi connectivity index (χ3v) is 4.02. The molecule has 7 nitrogen and oxygen atoms in total. The van der Waals surface area contributed by atoms with E-state index in [0.29, 0.717) is 0 Å². The molecule has 0 saturated carbocycles. The summed E-state index contributed by atoms with van der Waals surface area (Å²) >= 11 is 0. The Morgan fingerprint density at radius 2 is 1.50 bits per heavy atom. The van der Waals surface area contributed by atoms with Gasteiger partial charge in [-0.15, -0.1) is 0 Å². The summed E-state index contributed by atoms with van der Waals surface area (Å²) < 4.78 is 25.7. The van der Waals surface area contributed by atoms with Crippen LogP contribution in [0.15, 0.2) is 59.5 Å². The molecule has 0 bridgehead atoms. The largest absolute Gasteiger partial charge is 0.478 e. The van der Waals surface area contributed by atoms with Crippen LogP contribution in [-0.2, 0) is 10.0 Å². The molecule has 0 fully saturated rings. The highest BCUT2D eigenvalue weighted by atomic mass is 32.2. The summed E-state index contributed by atoms with van der Waals surface area (Å²) in [7, 11) is -3.96. The van der Waals surface area contributed by atoms with Crippen LogP contribution in [0.2, 0.25) is 0 Å². The molecule has 0 radical (unpaired) electrons. The van der Waals surface area contributed by atoms with Gasteiger partial charge in [-0.1, -0.05) is 18.2 Å². The molecule has 0 heterocycles. The van der Waals surface area contributed by atoms with Gasteiger partial charge in [-0.2, -0.15) is 0 Å². The van der Waals surface area contributed by atoms with Crippen molar-refractivity contribution >= 4 is 27.7 Å². The lowest BCUT2D eigenvalue weighted by Gasteiger charge is -2.08. The number of hydrogen-bond donors (Lipinski definition) is 3. The minimum absolute atomic E-state index is 0.0358. The number of rotatable bonds is 4. The third kappa shape index (κ3) is 3.83. The number of nitrogens with one attached hydrogen (secondary N) is 2. The Hall–Kier alpha value is -2.87. The molecule has 0 unspecified atom stereocenters. The number of carbonyl (C=O) groups excluding carboxylic acids is 1. The number of carboxylic acids is 1. The van der Waals surface area contributed by atoms with Gasteiger partial charge in [0.05, 0.1) is 10.5 Å². The average Bonchev–Trinajstić information content (AvgIpc) is 2.48. The molecular formula is C14H12N2O5S. The first-order valence-electron chi connectivity index (χ1n) is 6.11. The van der Waals surface area contributed by atoms with Gasteiger partial charge in [0.2, 0.25) is 0 Å². The van der Waals surface area contributed by atoms with Crippen LogP contribution in [0.5, 0.6) is 0 Å². The summed E-state index contributed by atoms with van der Waals surface area (Å²) in [5, 5.41) is 11.1. The summed E-state index contributed by atoms with van der Waals surface area (Å²) in [6.07, 6.45) is 0. The SMILES string of the molecule is O=C(Nc1ccc(C(=O)O)cc1)NS(=O)(=O)c1ccccc1. The zero-order valence-corrected chi connectivity index (χ0v) is 12.0. The van der Waals surface area contributed by atoms with Crippen molar-refractivity contribution in [3.63, 3.8) is 0 Å². The Labute approximate surface area is 126 Å². The maximum Gasteiger partial charge on any atom is 0.335 e. The number of urea groups is 1. The van der Waals surface area contributed by atoms with Gasteiger partial charge in [0.1, 0.15) is 0 Å². The summed E-state index contributed by atoms with van der Waals surface area (Å²) in [6, 6.07) is 11.8. The van der Waals surface area contributed by atoms with Crippen molar-refractivity contribution in [1.29, 1.82) is 0 Å². The fourth-order valence-corrected chi connectivity index (χ4v) is 2.56. The van der Waals surface area contributed by atoms with E-state index >= 15 is 0 Å². The van der Waals surface area contributed by atoms with Gasteiger partial charge >= 0.3 is 12.0 Å². The predicted molar refractivity (Wildman–Crippen MR) is 79.2 cm³/mol. The van der Waals surface area contributed by atoms with E-state index in [1.54, 1.807) is 6.07 Å². The van der Waals surface area contributed by atoms with Crippen molar-refractivity contribution in [1.82, 2.24) is 4.72 Å². The van der Waals surface area contributed by atoms with Crippen LogP contribution in [0, 0.1) is 0 Å². The summed E-state index contributed by atoms with van der Waals surface area (Å²) in [5.41, 5.74) is 0.327. The Morgan fingerprint density at radius 3 is 2.05 bits per heavy atom. The zero-order valence-electron chi connectivity index (χ0n) is 11.2. The molecule has 0 saturated heterocycles. The summed E-state index contributed by atoms with van der Waals surface area (Å²) in [4.78, 5) is 22.4. The van der Waals surface area contributed by atoms with Crippen molar-refractivity contribution in [2.24, 2.45) is 0 Å². The summed E-state index contributed by atoms with van der Waals surface area (Å²) in [6.45, 7) is 0. The van der Waals surface area contributed by atoms with Gasteiger partial charge in [-0.25, -0.2) is 22.7 Å². The number of hydrogen-bond acceptors (Lipinski definition) is 4. The molecule has 0 aliphatic rings. The predicted octanol–water partition coefficient (Wildman–Crippen LogP) is 1.90. The molecule has 114 valence electrons. The topological polar surface area (TPSA) is 113 Å². The van der Waals surface area contributed by atoms with Gasteiger partial charge in [0, 0.05) is 5.69 Å². The zero-order chi connectivity index (χ0) is 16.2. The van der Waals surface area contributed by atoms with Crippen LogP contribution in [0.3, 0.4) is 0 Å². The molecule has 0 aromatic heterocycles. The number of amides is 2. The minimum atomic E-state index is -3.96. The smallest absolute Gasteiger partial charge is 0.335 e. The lowest BCUT2D eigenvalue weighted by molar-refractivity contribution is 0.0697.